The Bertz CT molecular complexity index is 886. The second kappa shape index (κ2) is 8.83. The van der Waals surface area contributed by atoms with E-state index in [9.17, 15) is 4.39 Å². The monoisotopic (exact) mass is 391 g/mol. The number of hydrogen-bond donors (Lipinski definition) is 1. The van der Waals surface area contributed by atoms with Gasteiger partial charge in [0.05, 0.1) is 6.61 Å². The Labute approximate surface area is 161 Å². The van der Waals surface area contributed by atoms with Crippen LogP contribution in [0.2, 0.25) is 5.02 Å². The zero-order valence-electron chi connectivity index (χ0n) is 14.9. The lowest BCUT2D eigenvalue weighted by Gasteiger charge is -2.13. The summed E-state index contributed by atoms with van der Waals surface area (Å²) in [6.45, 7) is 2.52. The minimum atomic E-state index is -0.462. The molecule has 0 aliphatic rings. The zero-order valence-corrected chi connectivity index (χ0v) is 15.7. The first-order valence-electron chi connectivity index (χ1n) is 8.34. The van der Waals surface area contributed by atoms with Crippen molar-refractivity contribution in [1.29, 1.82) is 0 Å². The van der Waals surface area contributed by atoms with E-state index < -0.39 is 5.82 Å². The number of halogens is 2. The molecule has 0 amide bonds. The topological polar surface area (TPSA) is 69.4 Å². The summed E-state index contributed by atoms with van der Waals surface area (Å²) in [5.74, 6) is 0.563. The van der Waals surface area contributed by atoms with Crippen molar-refractivity contribution >= 4 is 17.3 Å². The molecule has 0 saturated heterocycles. The summed E-state index contributed by atoms with van der Waals surface area (Å²) < 4.78 is 29.6. The van der Waals surface area contributed by atoms with Crippen molar-refractivity contribution in [3.05, 3.63) is 59.2 Å². The van der Waals surface area contributed by atoms with E-state index in [1.165, 1.54) is 6.07 Å². The van der Waals surface area contributed by atoms with Gasteiger partial charge in [0.25, 0.3) is 0 Å². The first-order valence-corrected chi connectivity index (χ1v) is 8.72. The lowest BCUT2D eigenvalue weighted by atomic mass is 10.2. The molecule has 6 nitrogen and oxygen atoms in total. The van der Waals surface area contributed by atoms with Gasteiger partial charge in [0, 0.05) is 29.4 Å². The summed E-state index contributed by atoms with van der Waals surface area (Å²) in [5, 5.41) is 7.74. The average Bonchev–Trinajstić information content (AvgIpc) is 3.14. The highest BCUT2D eigenvalue weighted by atomic mass is 35.5. The molecule has 1 N–H and O–H groups in total. The second-order valence-corrected chi connectivity index (χ2v) is 6.25. The molecule has 3 aromatic rings. The highest BCUT2D eigenvalue weighted by Gasteiger charge is 2.16. The van der Waals surface area contributed by atoms with E-state index in [-0.39, 0.29) is 18.4 Å². The molecule has 142 valence electrons. The molecule has 8 heteroatoms. The van der Waals surface area contributed by atoms with E-state index in [0.717, 1.165) is 5.56 Å². The lowest BCUT2D eigenvalue weighted by molar-refractivity contribution is 0.144. The number of aromatic nitrogens is 2. The van der Waals surface area contributed by atoms with Crippen LogP contribution in [0.4, 0.5) is 10.1 Å². The van der Waals surface area contributed by atoms with Gasteiger partial charge < -0.3 is 19.3 Å². The van der Waals surface area contributed by atoms with Crippen molar-refractivity contribution < 1.29 is 18.4 Å². The summed E-state index contributed by atoms with van der Waals surface area (Å²) in [6, 6.07) is 11.5. The third-order valence-electron chi connectivity index (χ3n) is 3.77. The van der Waals surface area contributed by atoms with Gasteiger partial charge in [0.1, 0.15) is 12.6 Å². The Hall–Kier alpha value is -2.64. The highest BCUT2D eigenvalue weighted by Crippen LogP contribution is 2.25. The number of methoxy groups -OCH3 is 1. The number of benzene rings is 2. The fourth-order valence-corrected chi connectivity index (χ4v) is 2.51. The molecule has 27 heavy (non-hydrogen) atoms. The predicted octanol–water partition coefficient (Wildman–Crippen LogP) is 4.73. The van der Waals surface area contributed by atoms with E-state index in [1.54, 1.807) is 31.4 Å². The molecule has 1 atom stereocenters. The molecule has 0 fully saturated rings. The van der Waals surface area contributed by atoms with Crippen molar-refractivity contribution in [3.63, 3.8) is 0 Å². The third kappa shape index (κ3) is 4.96. The molecular weight excluding hydrogens is 373 g/mol. The molecule has 0 spiro atoms. The maximum Gasteiger partial charge on any atom is 0.249 e. The Balaban J connectivity index is 1.66. The van der Waals surface area contributed by atoms with Crippen LogP contribution in [0, 0.1) is 5.82 Å². The van der Waals surface area contributed by atoms with Gasteiger partial charge in [-0.25, -0.2) is 4.39 Å². The Morgan fingerprint density at radius 2 is 1.96 bits per heavy atom. The van der Waals surface area contributed by atoms with Gasteiger partial charge in [0.15, 0.2) is 11.6 Å². The predicted molar refractivity (Wildman–Crippen MR) is 101 cm³/mol. The van der Waals surface area contributed by atoms with E-state index in [2.05, 4.69) is 15.5 Å². The Morgan fingerprint density at radius 1 is 1.19 bits per heavy atom. The summed E-state index contributed by atoms with van der Waals surface area (Å²) >= 11 is 5.88. The lowest BCUT2D eigenvalue weighted by Crippen LogP contribution is -2.08. The van der Waals surface area contributed by atoms with Crippen LogP contribution in [-0.4, -0.2) is 30.5 Å². The Kier molecular flexibility index (Phi) is 6.26. The Morgan fingerprint density at radius 3 is 2.67 bits per heavy atom. The third-order valence-corrected chi connectivity index (χ3v) is 4.03. The van der Waals surface area contributed by atoms with E-state index in [1.807, 2.05) is 19.1 Å². The van der Waals surface area contributed by atoms with E-state index in [4.69, 9.17) is 25.6 Å². The number of hydrogen-bond acceptors (Lipinski definition) is 6. The number of rotatable bonds is 8. The summed E-state index contributed by atoms with van der Waals surface area (Å²) in [7, 11) is 1.56. The maximum atomic E-state index is 14.1. The van der Waals surface area contributed by atoms with Crippen LogP contribution in [0.15, 0.2) is 47.0 Å². The number of nitrogens with one attached hydrogen (secondary N) is 1. The molecule has 3 rings (SSSR count). The van der Waals surface area contributed by atoms with Crippen molar-refractivity contribution in [2.24, 2.45) is 0 Å². The smallest absolute Gasteiger partial charge is 0.249 e. The van der Waals surface area contributed by atoms with Crippen LogP contribution in [0.5, 0.6) is 5.75 Å². The van der Waals surface area contributed by atoms with Gasteiger partial charge in [-0.05, 0) is 43.3 Å². The molecule has 0 unspecified atom stereocenters. The zero-order chi connectivity index (χ0) is 19.2. The van der Waals surface area contributed by atoms with Crippen LogP contribution in [0.3, 0.4) is 0 Å². The van der Waals surface area contributed by atoms with Crippen LogP contribution in [0.1, 0.15) is 18.9 Å². The molecular formula is C19H19ClFN3O3. The fraction of sp³-hybridized carbons (Fsp3) is 0.263. The van der Waals surface area contributed by atoms with E-state index in [0.29, 0.717) is 29.0 Å². The van der Waals surface area contributed by atoms with Crippen LogP contribution >= 0.6 is 11.6 Å². The molecule has 1 heterocycles. The first kappa shape index (κ1) is 19.1. The number of nitrogens with zero attached hydrogens (tertiary/aromatic N) is 2. The molecule has 0 aliphatic heterocycles. The molecule has 0 saturated carbocycles. The van der Waals surface area contributed by atoms with Gasteiger partial charge in [-0.1, -0.05) is 16.8 Å². The quantitative estimate of drug-likeness (QED) is 0.560. The van der Waals surface area contributed by atoms with Gasteiger partial charge in [-0.15, -0.1) is 0 Å². The van der Waals surface area contributed by atoms with Crippen LogP contribution in [0.25, 0.3) is 11.4 Å². The normalized spacial score (nSPS) is 12.0. The summed E-state index contributed by atoms with van der Waals surface area (Å²) in [4.78, 5) is 4.38. The second-order valence-electron chi connectivity index (χ2n) is 5.82. The molecule has 1 aromatic heterocycles. The maximum absolute atomic E-state index is 14.1. The van der Waals surface area contributed by atoms with Gasteiger partial charge in [-0.2, -0.15) is 4.98 Å². The molecule has 0 bridgehead atoms. The first-order chi connectivity index (χ1) is 13.1. The fourth-order valence-electron chi connectivity index (χ4n) is 2.38. The SMILES string of the molecule is COCCOc1ccc(N[C@H](C)c2nc(-c3ccc(Cl)cc3)no2)cc1F. The summed E-state index contributed by atoms with van der Waals surface area (Å²) in [6.07, 6.45) is 0. The number of anilines is 1. The average molecular weight is 392 g/mol. The molecule has 0 radical (unpaired) electrons. The molecule has 2 aromatic carbocycles. The van der Waals surface area contributed by atoms with Gasteiger partial charge >= 0.3 is 0 Å². The van der Waals surface area contributed by atoms with Crippen LogP contribution in [-0.2, 0) is 4.74 Å². The van der Waals surface area contributed by atoms with E-state index >= 15 is 0 Å². The van der Waals surface area contributed by atoms with Gasteiger partial charge in [-0.3, -0.25) is 0 Å². The van der Waals surface area contributed by atoms with Crippen molar-refractivity contribution in [1.82, 2.24) is 10.1 Å². The minimum absolute atomic E-state index is 0.174. The minimum Gasteiger partial charge on any atom is -0.488 e. The summed E-state index contributed by atoms with van der Waals surface area (Å²) in [5.41, 5.74) is 1.37. The largest absolute Gasteiger partial charge is 0.488 e. The highest BCUT2D eigenvalue weighted by molar-refractivity contribution is 6.30. The van der Waals surface area contributed by atoms with Crippen molar-refractivity contribution in [3.8, 4) is 17.1 Å². The van der Waals surface area contributed by atoms with Crippen LogP contribution < -0.4 is 10.1 Å². The van der Waals surface area contributed by atoms with Crippen molar-refractivity contribution in [2.75, 3.05) is 25.6 Å². The number of ether oxygens (including phenoxy) is 2. The standard InChI is InChI=1S/C19H19ClFN3O3/c1-12(19-23-18(24-27-19)13-3-5-14(20)6-4-13)22-15-7-8-17(16(21)11-15)26-10-9-25-2/h3-8,11-12,22H,9-10H2,1-2H3/t12-/m1/s1. The van der Waals surface area contributed by atoms with Crippen molar-refractivity contribution in [2.45, 2.75) is 13.0 Å². The molecule has 0 aliphatic carbocycles. The van der Waals surface area contributed by atoms with Gasteiger partial charge in [0.2, 0.25) is 11.7 Å².